The summed E-state index contributed by atoms with van der Waals surface area (Å²) in [5.41, 5.74) is 6.44. The molecule has 0 saturated heterocycles. The Morgan fingerprint density at radius 1 is 1.29 bits per heavy atom. The van der Waals surface area contributed by atoms with E-state index < -0.39 is 5.91 Å². The van der Waals surface area contributed by atoms with Crippen molar-refractivity contribution in [1.29, 1.82) is 0 Å². The summed E-state index contributed by atoms with van der Waals surface area (Å²) in [6.07, 6.45) is 0. The highest BCUT2D eigenvalue weighted by Crippen LogP contribution is 2.31. The number of benzene rings is 1. The summed E-state index contributed by atoms with van der Waals surface area (Å²) in [7, 11) is 1.61. The number of nitrogens with zero attached hydrogens (tertiary/aromatic N) is 3. The number of nitrogens with one attached hydrogen (secondary N) is 1. The van der Waals surface area contributed by atoms with Crippen LogP contribution in [-0.2, 0) is 11.3 Å². The molecule has 1 aromatic carbocycles. The molecule has 3 aromatic rings. The third-order valence-corrected chi connectivity index (χ3v) is 5.69. The lowest BCUT2D eigenvalue weighted by atomic mass is 10.2. The zero-order valence-corrected chi connectivity index (χ0v) is 17.0. The van der Waals surface area contributed by atoms with E-state index in [4.69, 9.17) is 10.5 Å². The number of nitrogens with two attached hydrogens (primary N) is 1. The topological polar surface area (TPSA) is 112 Å². The Kier molecular flexibility index (Phi) is 6.32. The van der Waals surface area contributed by atoms with Crippen molar-refractivity contribution in [2.45, 2.75) is 18.6 Å². The maximum atomic E-state index is 12.3. The van der Waals surface area contributed by atoms with E-state index in [-0.39, 0.29) is 11.7 Å². The average molecular weight is 418 g/mol. The first-order valence-electron chi connectivity index (χ1n) is 8.41. The molecule has 2 amide bonds. The number of aromatic nitrogens is 3. The zero-order chi connectivity index (χ0) is 20.1. The van der Waals surface area contributed by atoms with E-state index in [9.17, 15) is 9.59 Å². The van der Waals surface area contributed by atoms with Crippen LogP contribution >= 0.6 is 23.1 Å². The number of hydrogen-bond acceptors (Lipinski definition) is 7. The molecule has 0 aliphatic heterocycles. The number of thioether (sulfide) groups is 1. The summed E-state index contributed by atoms with van der Waals surface area (Å²) >= 11 is 2.52. The fraction of sp³-hybridized carbons (Fsp3) is 0.222. The van der Waals surface area contributed by atoms with Gasteiger partial charge in [-0.1, -0.05) is 23.9 Å². The van der Waals surface area contributed by atoms with Crippen molar-refractivity contribution in [1.82, 2.24) is 14.8 Å². The molecule has 0 fully saturated rings. The molecule has 2 aromatic heterocycles. The second-order valence-electron chi connectivity index (χ2n) is 5.62. The number of hydrogen-bond donors (Lipinski definition) is 2. The number of rotatable bonds is 8. The molecule has 0 aliphatic rings. The monoisotopic (exact) mass is 417 g/mol. The number of thiophene rings is 1. The third-order valence-electron chi connectivity index (χ3n) is 3.90. The van der Waals surface area contributed by atoms with E-state index >= 15 is 0 Å². The van der Waals surface area contributed by atoms with Crippen molar-refractivity contribution in [2.24, 2.45) is 5.73 Å². The molecule has 0 spiro atoms. The Bertz CT molecular complexity index is 999. The summed E-state index contributed by atoms with van der Waals surface area (Å²) < 4.78 is 7.33. The van der Waals surface area contributed by atoms with Crippen LogP contribution in [0.5, 0.6) is 5.75 Å². The second kappa shape index (κ2) is 8.89. The summed E-state index contributed by atoms with van der Waals surface area (Å²) in [4.78, 5) is 23.6. The minimum Gasteiger partial charge on any atom is -0.496 e. The normalized spacial score (nSPS) is 10.6. The van der Waals surface area contributed by atoms with Gasteiger partial charge in [0.2, 0.25) is 5.91 Å². The SMILES string of the molecule is CCn1c(SCC(=O)Nc2sccc2C(N)=O)nnc1-c1ccccc1OC. The fourth-order valence-corrected chi connectivity index (χ4v) is 4.21. The quantitative estimate of drug-likeness (QED) is 0.545. The number of methoxy groups -OCH3 is 1. The van der Waals surface area contributed by atoms with E-state index in [1.54, 1.807) is 18.6 Å². The summed E-state index contributed by atoms with van der Waals surface area (Å²) in [6, 6.07) is 9.16. The Hall–Kier alpha value is -2.85. The van der Waals surface area contributed by atoms with Crippen molar-refractivity contribution >= 4 is 39.9 Å². The van der Waals surface area contributed by atoms with Gasteiger partial charge < -0.3 is 20.4 Å². The smallest absolute Gasteiger partial charge is 0.251 e. The van der Waals surface area contributed by atoms with Crippen molar-refractivity contribution in [2.75, 3.05) is 18.2 Å². The average Bonchev–Trinajstić information content (AvgIpc) is 3.32. The highest BCUT2D eigenvalue weighted by atomic mass is 32.2. The van der Waals surface area contributed by atoms with Crippen molar-refractivity contribution in [3.63, 3.8) is 0 Å². The Morgan fingerprint density at radius 3 is 2.79 bits per heavy atom. The molecule has 0 saturated carbocycles. The lowest BCUT2D eigenvalue weighted by molar-refractivity contribution is -0.113. The van der Waals surface area contributed by atoms with E-state index in [0.717, 1.165) is 5.56 Å². The molecule has 3 N–H and O–H groups in total. The van der Waals surface area contributed by atoms with E-state index in [1.807, 2.05) is 35.8 Å². The van der Waals surface area contributed by atoms with Crippen LogP contribution in [0.3, 0.4) is 0 Å². The first-order chi connectivity index (χ1) is 13.5. The molecule has 0 radical (unpaired) electrons. The third kappa shape index (κ3) is 4.18. The maximum absolute atomic E-state index is 12.3. The molecular formula is C18H19N5O3S2. The molecule has 0 unspecified atom stereocenters. The van der Waals surface area contributed by atoms with Gasteiger partial charge in [-0.05, 0) is 30.5 Å². The van der Waals surface area contributed by atoms with Gasteiger partial charge in [0.25, 0.3) is 5.91 Å². The van der Waals surface area contributed by atoms with Crippen molar-refractivity contribution < 1.29 is 14.3 Å². The van der Waals surface area contributed by atoms with Crippen LogP contribution in [0.15, 0.2) is 40.9 Å². The van der Waals surface area contributed by atoms with Gasteiger partial charge in [0, 0.05) is 6.54 Å². The predicted molar refractivity (Wildman–Crippen MR) is 110 cm³/mol. The zero-order valence-electron chi connectivity index (χ0n) is 15.3. The van der Waals surface area contributed by atoms with Gasteiger partial charge in [0.05, 0.1) is 24.0 Å². The van der Waals surface area contributed by atoms with Gasteiger partial charge in [0.1, 0.15) is 10.8 Å². The Balaban J connectivity index is 1.73. The van der Waals surface area contributed by atoms with Crippen molar-refractivity contribution in [3.8, 4) is 17.1 Å². The highest BCUT2D eigenvalue weighted by molar-refractivity contribution is 7.99. The molecular weight excluding hydrogens is 398 g/mol. The van der Waals surface area contributed by atoms with Gasteiger partial charge >= 0.3 is 0 Å². The second-order valence-corrected chi connectivity index (χ2v) is 7.47. The van der Waals surface area contributed by atoms with Gasteiger partial charge in [-0.3, -0.25) is 9.59 Å². The lowest BCUT2D eigenvalue weighted by Gasteiger charge is -2.10. The van der Waals surface area contributed by atoms with Crippen LogP contribution in [0.25, 0.3) is 11.4 Å². The van der Waals surface area contributed by atoms with Gasteiger partial charge in [-0.15, -0.1) is 21.5 Å². The van der Waals surface area contributed by atoms with Crippen molar-refractivity contribution in [3.05, 3.63) is 41.3 Å². The number of carbonyl (C=O) groups excluding carboxylic acids is 2. The Labute approximate surface area is 170 Å². The van der Waals surface area contributed by atoms with Crippen LogP contribution in [-0.4, -0.2) is 39.4 Å². The Morgan fingerprint density at radius 2 is 2.07 bits per heavy atom. The standard InChI is InChI=1S/C18H19N5O3S2/c1-3-23-16(11-6-4-5-7-13(11)26-2)21-22-18(23)28-10-14(24)20-17-12(15(19)25)8-9-27-17/h4-9H,3,10H2,1-2H3,(H2,19,25)(H,20,24). The summed E-state index contributed by atoms with van der Waals surface area (Å²) in [5.74, 6) is 0.684. The van der Waals surface area contributed by atoms with E-state index in [0.29, 0.717) is 33.8 Å². The molecule has 28 heavy (non-hydrogen) atoms. The van der Waals surface area contributed by atoms with E-state index in [1.165, 1.54) is 23.1 Å². The summed E-state index contributed by atoms with van der Waals surface area (Å²) in [6.45, 7) is 2.62. The molecule has 0 bridgehead atoms. The van der Waals surface area contributed by atoms with Gasteiger partial charge in [-0.2, -0.15) is 0 Å². The predicted octanol–water partition coefficient (Wildman–Crippen LogP) is 2.86. The minimum absolute atomic E-state index is 0.125. The number of carbonyl (C=O) groups is 2. The number of amides is 2. The lowest BCUT2D eigenvalue weighted by Crippen LogP contribution is -2.18. The van der Waals surface area contributed by atoms with Crippen LogP contribution in [0.1, 0.15) is 17.3 Å². The molecule has 8 nitrogen and oxygen atoms in total. The first kappa shape index (κ1) is 19.9. The number of ether oxygens (including phenoxy) is 1. The van der Waals surface area contributed by atoms with Crippen LogP contribution in [0, 0.1) is 0 Å². The number of anilines is 1. The molecule has 0 aliphatic carbocycles. The fourth-order valence-electron chi connectivity index (χ4n) is 2.60. The van der Waals surface area contributed by atoms with Crippen LogP contribution in [0.4, 0.5) is 5.00 Å². The maximum Gasteiger partial charge on any atom is 0.251 e. The van der Waals surface area contributed by atoms with Gasteiger partial charge in [-0.25, -0.2) is 0 Å². The highest BCUT2D eigenvalue weighted by Gasteiger charge is 2.18. The molecule has 10 heteroatoms. The molecule has 2 heterocycles. The largest absolute Gasteiger partial charge is 0.496 e. The molecule has 0 atom stereocenters. The van der Waals surface area contributed by atoms with Crippen LogP contribution in [0.2, 0.25) is 0 Å². The van der Waals surface area contributed by atoms with E-state index in [2.05, 4.69) is 15.5 Å². The molecule has 146 valence electrons. The van der Waals surface area contributed by atoms with Gasteiger partial charge in [0.15, 0.2) is 11.0 Å². The van der Waals surface area contributed by atoms with Crippen LogP contribution < -0.4 is 15.8 Å². The molecule has 3 rings (SSSR count). The number of primary amides is 1. The summed E-state index contributed by atoms with van der Waals surface area (Å²) in [5, 5.41) is 14.0. The minimum atomic E-state index is -0.573. The number of para-hydroxylation sites is 1. The first-order valence-corrected chi connectivity index (χ1v) is 10.3.